The van der Waals surface area contributed by atoms with E-state index in [2.05, 4.69) is 10.6 Å². The van der Waals surface area contributed by atoms with Gasteiger partial charge in [-0.15, -0.1) is 0 Å². The molecule has 2 N–H and O–H groups in total. The second-order valence-electron chi connectivity index (χ2n) is 7.36. The molecule has 0 fully saturated rings. The third-order valence-electron chi connectivity index (χ3n) is 4.85. The summed E-state index contributed by atoms with van der Waals surface area (Å²) in [7, 11) is 1.55. The Labute approximate surface area is 193 Å². The number of amides is 2. The minimum atomic E-state index is -0.754. The van der Waals surface area contributed by atoms with Gasteiger partial charge in [0, 0.05) is 5.56 Å². The Morgan fingerprint density at radius 1 is 0.909 bits per heavy atom. The van der Waals surface area contributed by atoms with Crippen molar-refractivity contribution in [2.24, 2.45) is 0 Å². The van der Waals surface area contributed by atoms with Gasteiger partial charge in [-0.05, 0) is 74.9 Å². The van der Waals surface area contributed by atoms with E-state index in [-0.39, 0.29) is 11.8 Å². The number of carbonyl (C=O) groups is 2. The number of hydrogen-bond acceptors (Lipinski definition) is 5. The van der Waals surface area contributed by atoms with E-state index in [4.69, 9.17) is 14.2 Å². The lowest BCUT2D eigenvalue weighted by Gasteiger charge is -2.17. The van der Waals surface area contributed by atoms with Crippen molar-refractivity contribution in [1.82, 2.24) is 0 Å². The van der Waals surface area contributed by atoms with Gasteiger partial charge in [-0.1, -0.05) is 18.2 Å². The standard InChI is InChI=1S/C26H28N2O5/c1-5-32-24-9-7-6-8-21(24)27-25(29)18(3)33-20-13-11-19(12-14-20)26(30)28-22-16-17(2)10-15-23(22)31-4/h6-16,18H,5H2,1-4H3,(H,27,29)(H,28,30). The maximum atomic E-state index is 12.6. The summed E-state index contributed by atoms with van der Waals surface area (Å²) in [5.74, 6) is 1.07. The van der Waals surface area contributed by atoms with Gasteiger partial charge in [-0.2, -0.15) is 0 Å². The molecule has 3 aromatic carbocycles. The highest BCUT2D eigenvalue weighted by Gasteiger charge is 2.17. The predicted octanol–water partition coefficient (Wildman–Crippen LogP) is 5.06. The summed E-state index contributed by atoms with van der Waals surface area (Å²) in [5, 5.41) is 5.68. The van der Waals surface area contributed by atoms with E-state index in [1.165, 1.54) is 0 Å². The molecule has 1 unspecified atom stereocenters. The van der Waals surface area contributed by atoms with Crippen LogP contribution in [-0.4, -0.2) is 31.6 Å². The minimum Gasteiger partial charge on any atom is -0.495 e. The molecule has 172 valence electrons. The largest absolute Gasteiger partial charge is 0.495 e. The quantitative estimate of drug-likeness (QED) is 0.478. The van der Waals surface area contributed by atoms with Gasteiger partial charge in [0.15, 0.2) is 6.10 Å². The Morgan fingerprint density at radius 2 is 1.64 bits per heavy atom. The van der Waals surface area contributed by atoms with E-state index >= 15 is 0 Å². The molecule has 0 aliphatic heterocycles. The first kappa shape index (κ1) is 23.7. The molecule has 0 heterocycles. The fourth-order valence-corrected chi connectivity index (χ4v) is 3.14. The zero-order valence-corrected chi connectivity index (χ0v) is 19.2. The summed E-state index contributed by atoms with van der Waals surface area (Å²) in [5.41, 5.74) is 2.64. The molecule has 7 nitrogen and oxygen atoms in total. The molecule has 0 radical (unpaired) electrons. The molecule has 7 heteroatoms. The number of methoxy groups -OCH3 is 1. The molecular formula is C26H28N2O5. The second-order valence-corrected chi connectivity index (χ2v) is 7.36. The van der Waals surface area contributed by atoms with Gasteiger partial charge in [0.2, 0.25) is 0 Å². The zero-order valence-electron chi connectivity index (χ0n) is 19.2. The van der Waals surface area contributed by atoms with Crippen molar-refractivity contribution in [1.29, 1.82) is 0 Å². The lowest BCUT2D eigenvalue weighted by molar-refractivity contribution is -0.122. The lowest BCUT2D eigenvalue weighted by atomic mass is 10.1. The van der Waals surface area contributed by atoms with Crippen molar-refractivity contribution in [2.45, 2.75) is 26.9 Å². The third-order valence-corrected chi connectivity index (χ3v) is 4.85. The van der Waals surface area contributed by atoms with Crippen LogP contribution in [0.2, 0.25) is 0 Å². The normalized spacial score (nSPS) is 11.3. The molecule has 0 saturated heterocycles. The summed E-state index contributed by atoms with van der Waals surface area (Å²) < 4.78 is 16.6. The smallest absolute Gasteiger partial charge is 0.265 e. The van der Waals surface area contributed by atoms with Crippen LogP contribution in [0.15, 0.2) is 66.7 Å². The van der Waals surface area contributed by atoms with Crippen molar-refractivity contribution in [3.8, 4) is 17.2 Å². The van der Waals surface area contributed by atoms with E-state index in [9.17, 15) is 9.59 Å². The van der Waals surface area contributed by atoms with Crippen LogP contribution in [0.4, 0.5) is 11.4 Å². The fraction of sp³-hybridized carbons (Fsp3) is 0.231. The van der Waals surface area contributed by atoms with Crippen molar-refractivity contribution in [2.75, 3.05) is 24.4 Å². The van der Waals surface area contributed by atoms with Gasteiger partial charge < -0.3 is 24.8 Å². The molecule has 33 heavy (non-hydrogen) atoms. The SMILES string of the molecule is CCOc1ccccc1NC(=O)C(C)Oc1ccc(C(=O)Nc2cc(C)ccc2OC)cc1. The van der Waals surface area contributed by atoms with E-state index in [1.54, 1.807) is 56.5 Å². The van der Waals surface area contributed by atoms with Crippen molar-refractivity contribution in [3.05, 3.63) is 77.9 Å². The molecule has 3 rings (SSSR count). The first-order valence-corrected chi connectivity index (χ1v) is 10.7. The zero-order chi connectivity index (χ0) is 23.8. The highest BCUT2D eigenvalue weighted by molar-refractivity contribution is 6.05. The molecule has 0 aromatic heterocycles. The Morgan fingerprint density at radius 3 is 2.33 bits per heavy atom. The predicted molar refractivity (Wildman–Crippen MR) is 128 cm³/mol. The van der Waals surface area contributed by atoms with E-state index in [0.29, 0.717) is 40.8 Å². The van der Waals surface area contributed by atoms with Gasteiger partial charge in [-0.3, -0.25) is 9.59 Å². The van der Waals surface area contributed by atoms with Crippen molar-refractivity contribution in [3.63, 3.8) is 0 Å². The van der Waals surface area contributed by atoms with Gasteiger partial charge in [0.25, 0.3) is 11.8 Å². The van der Waals surface area contributed by atoms with Gasteiger partial charge >= 0.3 is 0 Å². The fourth-order valence-electron chi connectivity index (χ4n) is 3.14. The van der Waals surface area contributed by atoms with Crippen LogP contribution in [0, 0.1) is 6.92 Å². The molecule has 2 amide bonds. The summed E-state index contributed by atoms with van der Waals surface area (Å²) in [6, 6.07) is 19.4. The van der Waals surface area contributed by atoms with E-state index in [0.717, 1.165) is 5.56 Å². The first-order chi connectivity index (χ1) is 15.9. The molecule has 0 aliphatic carbocycles. The molecule has 0 aliphatic rings. The monoisotopic (exact) mass is 448 g/mol. The number of nitrogens with one attached hydrogen (secondary N) is 2. The van der Waals surface area contributed by atoms with Crippen LogP contribution in [0.3, 0.4) is 0 Å². The van der Waals surface area contributed by atoms with Crippen LogP contribution >= 0.6 is 0 Å². The summed E-state index contributed by atoms with van der Waals surface area (Å²) in [6.07, 6.45) is -0.754. The second kappa shape index (κ2) is 11.0. The van der Waals surface area contributed by atoms with Crippen LogP contribution < -0.4 is 24.8 Å². The Bertz CT molecular complexity index is 1110. The number of ether oxygens (including phenoxy) is 3. The van der Waals surface area contributed by atoms with Crippen molar-refractivity contribution >= 4 is 23.2 Å². The number of benzene rings is 3. The molecule has 3 aromatic rings. The van der Waals surface area contributed by atoms with Gasteiger partial charge in [-0.25, -0.2) is 0 Å². The van der Waals surface area contributed by atoms with Crippen LogP contribution in [-0.2, 0) is 4.79 Å². The number of rotatable bonds is 9. The minimum absolute atomic E-state index is 0.274. The average molecular weight is 449 g/mol. The van der Waals surface area contributed by atoms with Crippen molar-refractivity contribution < 1.29 is 23.8 Å². The number of aryl methyl sites for hydroxylation is 1. The number of para-hydroxylation sites is 2. The molecule has 1 atom stereocenters. The Balaban J connectivity index is 1.61. The van der Waals surface area contributed by atoms with Gasteiger partial charge in [0.05, 0.1) is 25.1 Å². The van der Waals surface area contributed by atoms with E-state index < -0.39 is 6.10 Å². The maximum Gasteiger partial charge on any atom is 0.265 e. The molecule has 0 bridgehead atoms. The third kappa shape index (κ3) is 6.26. The van der Waals surface area contributed by atoms with Crippen LogP contribution in [0.5, 0.6) is 17.2 Å². The van der Waals surface area contributed by atoms with Crippen LogP contribution in [0.1, 0.15) is 29.8 Å². The summed E-state index contributed by atoms with van der Waals surface area (Å²) >= 11 is 0. The summed E-state index contributed by atoms with van der Waals surface area (Å²) in [4.78, 5) is 25.2. The van der Waals surface area contributed by atoms with E-state index in [1.807, 2.05) is 38.1 Å². The Hall–Kier alpha value is -4.00. The highest BCUT2D eigenvalue weighted by Crippen LogP contribution is 2.26. The summed E-state index contributed by atoms with van der Waals surface area (Å²) in [6.45, 7) is 5.97. The first-order valence-electron chi connectivity index (χ1n) is 10.7. The molecule has 0 saturated carbocycles. The average Bonchev–Trinajstić information content (AvgIpc) is 2.81. The van der Waals surface area contributed by atoms with Gasteiger partial charge in [0.1, 0.15) is 17.2 Å². The number of carbonyl (C=O) groups excluding carboxylic acids is 2. The highest BCUT2D eigenvalue weighted by atomic mass is 16.5. The Kier molecular flexibility index (Phi) is 7.91. The molecule has 0 spiro atoms. The topological polar surface area (TPSA) is 85.9 Å². The maximum absolute atomic E-state index is 12.6. The lowest BCUT2D eigenvalue weighted by Crippen LogP contribution is -2.30. The van der Waals surface area contributed by atoms with Crippen LogP contribution in [0.25, 0.3) is 0 Å². The number of hydrogen-bond donors (Lipinski definition) is 2. The molecular weight excluding hydrogens is 420 g/mol. The number of anilines is 2.